The number of rotatable bonds is 8. The van der Waals surface area contributed by atoms with Crippen LogP contribution in [0.5, 0.6) is 11.5 Å². The number of aryl methyl sites for hydroxylation is 1. The van der Waals surface area contributed by atoms with E-state index in [1.165, 1.54) is 6.21 Å². The Hall–Kier alpha value is -4.76. The number of ether oxygens (including phenoxy) is 2. The molecule has 4 aromatic rings. The molecular formula is C30H24BrN3O5. The van der Waals surface area contributed by atoms with Crippen LogP contribution in [0.15, 0.2) is 101 Å². The van der Waals surface area contributed by atoms with Crippen LogP contribution in [0, 0.1) is 6.92 Å². The number of hydrogen-bond acceptors (Lipinski definition) is 6. The van der Waals surface area contributed by atoms with Crippen LogP contribution >= 0.6 is 15.9 Å². The van der Waals surface area contributed by atoms with Gasteiger partial charge in [-0.05, 0) is 85.8 Å². The van der Waals surface area contributed by atoms with Gasteiger partial charge in [-0.1, -0.05) is 33.6 Å². The van der Waals surface area contributed by atoms with Gasteiger partial charge in [0.2, 0.25) is 0 Å². The third-order valence-corrected chi connectivity index (χ3v) is 6.08. The largest absolute Gasteiger partial charge is 0.497 e. The number of nitrogens with one attached hydrogen (secondary N) is 2. The Morgan fingerprint density at radius 1 is 0.795 bits per heavy atom. The Bertz CT molecular complexity index is 1520. The van der Waals surface area contributed by atoms with Gasteiger partial charge in [-0.15, -0.1) is 0 Å². The van der Waals surface area contributed by atoms with Crippen molar-refractivity contribution in [3.05, 3.63) is 123 Å². The van der Waals surface area contributed by atoms with E-state index in [1.807, 2.05) is 19.1 Å². The Morgan fingerprint density at radius 3 is 2.08 bits per heavy atom. The van der Waals surface area contributed by atoms with Crippen molar-refractivity contribution in [1.29, 1.82) is 0 Å². The fraction of sp³-hybridized carbons (Fsp3) is 0.0667. The molecule has 0 atom stereocenters. The lowest BCUT2D eigenvalue weighted by Crippen LogP contribution is -2.18. The van der Waals surface area contributed by atoms with Crippen molar-refractivity contribution >= 4 is 45.6 Å². The Kier molecular flexibility index (Phi) is 8.86. The van der Waals surface area contributed by atoms with E-state index in [9.17, 15) is 14.4 Å². The second kappa shape index (κ2) is 12.7. The molecule has 8 nitrogen and oxygen atoms in total. The minimum Gasteiger partial charge on any atom is -0.497 e. The van der Waals surface area contributed by atoms with Crippen LogP contribution in [0.25, 0.3) is 0 Å². The predicted octanol–water partition coefficient (Wildman–Crippen LogP) is 6.00. The van der Waals surface area contributed by atoms with Crippen molar-refractivity contribution in [3.8, 4) is 11.5 Å². The average Bonchev–Trinajstić information content (AvgIpc) is 2.95. The van der Waals surface area contributed by atoms with E-state index >= 15 is 0 Å². The highest BCUT2D eigenvalue weighted by Crippen LogP contribution is 2.23. The summed E-state index contributed by atoms with van der Waals surface area (Å²) in [6.45, 7) is 1.93. The van der Waals surface area contributed by atoms with E-state index in [-0.39, 0.29) is 5.91 Å². The molecule has 2 N–H and O–H groups in total. The zero-order valence-corrected chi connectivity index (χ0v) is 22.7. The van der Waals surface area contributed by atoms with Crippen molar-refractivity contribution in [2.24, 2.45) is 5.10 Å². The lowest BCUT2D eigenvalue weighted by atomic mass is 10.1. The first kappa shape index (κ1) is 27.3. The average molecular weight is 586 g/mol. The molecule has 0 unspecified atom stereocenters. The molecule has 0 saturated heterocycles. The molecule has 0 fully saturated rings. The van der Waals surface area contributed by atoms with Crippen molar-refractivity contribution in [3.63, 3.8) is 0 Å². The zero-order chi connectivity index (χ0) is 27.8. The normalized spacial score (nSPS) is 10.6. The molecule has 0 aliphatic rings. The highest BCUT2D eigenvalue weighted by Gasteiger charge is 2.12. The van der Waals surface area contributed by atoms with Crippen molar-refractivity contribution < 1.29 is 23.9 Å². The number of halogens is 1. The number of hydrogen-bond donors (Lipinski definition) is 2. The summed E-state index contributed by atoms with van der Waals surface area (Å²) in [5.41, 5.74) is 5.75. The van der Waals surface area contributed by atoms with Gasteiger partial charge < -0.3 is 14.8 Å². The number of carbonyl (C=O) groups excluding carboxylic acids is 3. The molecule has 0 aliphatic heterocycles. The molecule has 9 heteroatoms. The van der Waals surface area contributed by atoms with Crippen LogP contribution in [-0.2, 0) is 0 Å². The molecule has 196 valence electrons. The number of nitrogens with zero attached hydrogens (tertiary/aromatic N) is 1. The highest BCUT2D eigenvalue weighted by molar-refractivity contribution is 9.10. The standard InChI is InChI=1S/C30H24BrN3O5/c1-19-3-5-22(6-4-19)30(37)39-27-16-11-24(31)17-23(27)18-32-34-29(36)21-7-12-25(13-8-21)33-28(35)20-9-14-26(38-2)15-10-20/h3-18H,1-2H3,(H,33,35)(H,34,36)/b32-18-. The molecule has 2 amide bonds. The van der Waals surface area contributed by atoms with Gasteiger partial charge >= 0.3 is 5.97 Å². The second-order valence-electron chi connectivity index (χ2n) is 8.40. The molecule has 0 aliphatic carbocycles. The third kappa shape index (κ3) is 7.39. The quantitative estimate of drug-likeness (QED) is 0.114. The van der Waals surface area contributed by atoms with Crippen LogP contribution in [0.1, 0.15) is 42.2 Å². The van der Waals surface area contributed by atoms with Gasteiger partial charge in [-0.2, -0.15) is 5.10 Å². The van der Waals surface area contributed by atoms with Crippen LogP contribution in [0.4, 0.5) is 5.69 Å². The minimum absolute atomic E-state index is 0.285. The van der Waals surface area contributed by atoms with Crippen molar-refractivity contribution in [1.82, 2.24) is 5.43 Å². The maximum absolute atomic E-state index is 12.6. The van der Waals surface area contributed by atoms with Gasteiger partial charge in [0.1, 0.15) is 11.5 Å². The summed E-state index contributed by atoms with van der Waals surface area (Å²) in [5.74, 6) is -0.294. The fourth-order valence-electron chi connectivity index (χ4n) is 3.44. The summed E-state index contributed by atoms with van der Waals surface area (Å²) in [5, 5.41) is 6.80. The molecule has 0 bridgehead atoms. The first-order chi connectivity index (χ1) is 18.8. The van der Waals surface area contributed by atoms with Crippen LogP contribution < -0.4 is 20.2 Å². The topological polar surface area (TPSA) is 106 Å². The van der Waals surface area contributed by atoms with E-state index in [0.29, 0.717) is 39.4 Å². The number of anilines is 1. The minimum atomic E-state index is -0.504. The molecule has 4 rings (SSSR count). The number of benzene rings is 4. The number of carbonyl (C=O) groups is 3. The Labute approximate surface area is 233 Å². The van der Waals surface area contributed by atoms with Gasteiger partial charge in [0.05, 0.1) is 18.9 Å². The molecule has 4 aromatic carbocycles. The molecule has 0 aromatic heterocycles. The number of esters is 1. The van der Waals surface area contributed by atoms with Gasteiger partial charge in [-0.25, -0.2) is 10.2 Å². The monoisotopic (exact) mass is 585 g/mol. The highest BCUT2D eigenvalue weighted by atomic mass is 79.9. The summed E-state index contributed by atoms with van der Waals surface area (Å²) < 4.78 is 11.4. The maximum atomic E-state index is 12.6. The molecule has 0 spiro atoms. The first-order valence-electron chi connectivity index (χ1n) is 11.8. The zero-order valence-electron chi connectivity index (χ0n) is 21.1. The van der Waals surface area contributed by atoms with Gasteiger partial charge in [0.25, 0.3) is 11.8 Å². The predicted molar refractivity (Wildman–Crippen MR) is 153 cm³/mol. The van der Waals surface area contributed by atoms with E-state index < -0.39 is 11.9 Å². The summed E-state index contributed by atoms with van der Waals surface area (Å²) in [4.78, 5) is 37.6. The number of methoxy groups -OCH3 is 1. The van der Waals surface area contributed by atoms with Gasteiger partial charge in [-0.3, -0.25) is 9.59 Å². The first-order valence-corrected chi connectivity index (χ1v) is 12.6. The molecule has 39 heavy (non-hydrogen) atoms. The van der Waals surface area contributed by atoms with E-state index in [1.54, 1.807) is 86.0 Å². The lowest BCUT2D eigenvalue weighted by molar-refractivity contribution is 0.0733. The molecular weight excluding hydrogens is 562 g/mol. The third-order valence-electron chi connectivity index (χ3n) is 5.59. The van der Waals surface area contributed by atoms with Crippen molar-refractivity contribution in [2.75, 3.05) is 12.4 Å². The lowest BCUT2D eigenvalue weighted by Gasteiger charge is -2.08. The van der Waals surface area contributed by atoms with Crippen LogP contribution in [0.2, 0.25) is 0 Å². The summed E-state index contributed by atoms with van der Waals surface area (Å²) >= 11 is 3.39. The van der Waals surface area contributed by atoms with E-state index in [4.69, 9.17) is 9.47 Å². The molecule has 0 saturated carbocycles. The van der Waals surface area contributed by atoms with Crippen molar-refractivity contribution in [2.45, 2.75) is 6.92 Å². The van der Waals surface area contributed by atoms with E-state index in [2.05, 4.69) is 31.8 Å². The number of hydrazone groups is 1. The number of amides is 2. The second-order valence-corrected chi connectivity index (χ2v) is 9.31. The summed E-state index contributed by atoms with van der Waals surface area (Å²) in [6, 6.07) is 25.3. The van der Waals surface area contributed by atoms with Crippen LogP contribution in [-0.4, -0.2) is 31.1 Å². The fourth-order valence-corrected chi connectivity index (χ4v) is 3.82. The SMILES string of the molecule is COc1ccc(C(=O)Nc2ccc(C(=O)N/N=C\c3cc(Br)ccc3OC(=O)c3ccc(C)cc3)cc2)cc1. The Morgan fingerprint density at radius 2 is 1.41 bits per heavy atom. The smallest absolute Gasteiger partial charge is 0.343 e. The molecule has 0 heterocycles. The molecule has 0 radical (unpaired) electrons. The van der Waals surface area contributed by atoms with Gasteiger partial charge in [0, 0.05) is 26.9 Å². The maximum Gasteiger partial charge on any atom is 0.343 e. The van der Waals surface area contributed by atoms with Crippen LogP contribution in [0.3, 0.4) is 0 Å². The summed E-state index contributed by atoms with van der Waals surface area (Å²) in [7, 11) is 1.56. The Balaban J connectivity index is 1.37. The summed E-state index contributed by atoms with van der Waals surface area (Å²) in [6.07, 6.45) is 1.39. The van der Waals surface area contributed by atoms with Gasteiger partial charge in [0.15, 0.2) is 0 Å². The van der Waals surface area contributed by atoms with E-state index in [0.717, 1.165) is 10.0 Å².